The summed E-state index contributed by atoms with van der Waals surface area (Å²) >= 11 is 0. The molecule has 18 heavy (non-hydrogen) atoms. The second-order valence-corrected chi connectivity index (χ2v) is 3.73. The number of nitrogens with zero attached hydrogens (tertiary/aromatic N) is 2. The van der Waals surface area contributed by atoms with Crippen LogP contribution in [0.4, 0.5) is 0 Å². The lowest BCUT2D eigenvalue weighted by Gasteiger charge is -2.09. The maximum atomic E-state index is 10.9. The van der Waals surface area contributed by atoms with Crippen LogP contribution >= 0.6 is 0 Å². The van der Waals surface area contributed by atoms with Crippen molar-refractivity contribution in [3.63, 3.8) is 0 Å². The van der Waals surface area contributed by atoms with Gasteiger partial charge in [0, 0.05) is 0 Å². The van der Waals surface area contributed by atoms with Gasteiger partial charge in [0.2, 0.25) is 0 Å². The van der Waals surface area contributed by atoms with E-state index in [-0.39, 0.29) is 5.69 Å². The molecule has 1 aromatic carbocycles. The highest BCUT2D eigenvalue weighted by Crippen LogP contribution is 2.22. The van der Waals surface area contributed by atoms with E-state index in [9.17, 15) is 10.1 Å². The normalized spacial score (nSPS) is 11.5. The Morgan fingerprint density at radius 3 is 2.50 bits per heavy atom. The molecule has 0 fully saturated rings. The molecule has 88 valence electrons. The molecule has 0 spiro atoms. The Bertz CT molecular complexity index is 603. The molecule has 0 aliphatic heterocycles. The first-order chi connectivity index (χ1) is 8.72. The van der Waals surface area contributed by atoms with Crippen molar-refractivity contribution in [3.8, 4) is 6.07 Å². The summed E-state index contributed by atoms with van der Waals surface area (Å²) in [5, 5.41) is 18.1. The van der Waals surface area contributed by atoms with E-state index < -0.39 is 11.9 Å². The maximum Gasteiger partial charge on any atom is 0.354 e. The van der Waals surface area contributed by atoms with Gasteiger partial charge in [-0.25, -0.2) is 9.78 Å². The van der Waals surface area contributed by atoms with Gasteiger partial charge in [-0.05, 0) is 17.7 Å². The summed E-state index contributed by atoms with van der Waals surface area (Å²) in [6.07, 6.45) is 0. The minimum absolute atomic E-state index is 0.0521. The monoisotopic (exact) mass is 238 g/mol. The number of carbonyl (C=O) groups is 1. The first-order valence-corrected chi connectivity index (χ1v) is 5.37. The zero-order chi connectivity index (χ0) is 13.0. The Kier molecular flexibility index (Phi) is 3.35. The summed E-state index contributed by atoms with van der Waals surface area (Å²) in [7, 11) is 0. The Hall–Kier alpha value is -2.67. The highest BCUT2D eigenvalue weighted by molar-refractivity contribution is 5.85. The quantitative estimate of drug-likeness (QED) is 0.891. The summed E-state index contributed by atoms with van der Waals surface area (Å²) < 4.78 is 0. The first-order valence-electron chi connectivity index (χ1n) is 5.37. The van der Waals surface area contributed by atoms with Gasteiger partial charge in [-0.2, -0.15) is 5.26 Å². The lowest BCUT2D eigenvalue weighted by molar-refractivity contribution is 0.0690. The second kappa shape index (κ2) is 5.11. The molecule has 1 atom stereocenters. The maximum absolute atomic E-state index is 10.9. The van der Waals surface area contributed by atoms with E-state index in [0.717, 1.165) is 5.56 Å². The highest BCUT2D eigenvalue weighted by atomic mass is 16.4. The topological polar surface area (TPSA) is 74.0 Å². The fraction of sp³-hybridized carbons (Fsp3) is 0.0714. The van der Waals surface area contributed by atoms with Crippen LogP contribution in [0, 0.1) is 11.3 Å². The molecule has 4 heteroatoms. The standard InChI is InChI=1S/C14H10N2O2/c15-9-11(10-5-2-1-3-6-10)12-7-4-8-13(16-12)14(17)18/h1-8,11H,(H,17,18)/t11-/m0/s1. The Balaban J connectivity index is 2.44. The third-order valence-electron chi connectivity index (χ3n) is 2.55. The van der Waals surface area contributed by atoms with Gasteiger partial charge in [0.15, 0.2) is 0 Å². The smallest absolute Gasteiger partial charge is 0.354 e. The number of benzene rings is 1. The number of pyridine rings is 1. The molecule has 0 saturated heterocycles. The van der Waals surface area contributed by atoms with Crippen LogP contribution in [0.15, 0.2) is 48.5 Å². The van der Waals surface area contributed by atoms with E-state index in [1.807, 2.05) is 30.3 Å². The lowest BCUT2D eigenvalue weighted by Crippen LogP contribution is -2.06. The number of hydrogen-bond donors (Lipinski definition) is 1. The van der Waals surface area contributed by atoms with Gasteiger partial charge in [0.1, 0.15) is 11.6 Å². The van der Waals surface area contributed by atoms with Gasteiger partial charge in [-0.15, -0.1) is 0 Å². The van der Waals surface area contributed by atoms with Gasteiger partial charge in [-0.1, -0.05) is 36.4 Å². The minimum atomic E-state index is -1.10. The van der Waals surface area contributed by atoms with Gasteiger partial charge >= 0.3 is 5.97 Å². The van der Waals surface area contributed by atoms with E-state index in [0.29, 0.717) is 5.69 Å². The fourth-order valence-electron chi connectivity index (χ4n) is 1.69. The summed E-state index contributed by atoms with van der Waals surface area (Å²) in [6.45, 7) is 0. The first kappa shape index (κ1) is 11.8. The molecule has 0 saturated carbocycles. The predicted molar refractivity (Wildman–Crippen MR) is 65.1 cm³/mol. The molecular weight excluding hydrogens is 228 g/mol. The molecule has 0 unspecified atom stereocenters. The van der Waals surface area contributed by atoms with Crippen LogP contribution in [0.3, 0.4) is 0 Å². The molecule has 1 N–H and O–H groups in total. The molecule has 0 aliphatic rings. The van der Waals surface area contributed by atoms with Crippen molar-refractivity contribution in [1.82, 2.24) is 4.98 Å². The summed E-state index contributed by atoms with van der Waals surface area (Å²) in [6, 6.07) is 16.0. The van der Waals surface area contributed by atoms with Gasteiger partial charge in [-0.3, -0.25) is 0 Å². The second-order valence-electron chi connectivity index (χ2n) is 3.73. The van der Waals surface area contributed by atoms with Crippen LogP contribution in [-0.2, 0) is 0 Å². The van der Waals surface area contributed by atoms with Crippen molar-refractivity contribution in [2.75, 3.05) is 0 Å². The zero-order valence-corrected chi connectivity index (χ0v) is 9.45. The molecule has 0 amide bonds. The summed E-state index contributed by atoms with van der Waals surface area (Å²) in [4.78, 5) is 14.9. The van der Waals surface area contributed by atoms with E-state index in [1.54, 1.807) is 12.1 Å². The predicted octanol–water partition coefficient (Wildman–Crippen LogP) is 2.44. The third kappa shape index (κ3) is 2.36. The number of nitriles is 1. The number of rotatable bonds is 3. The molecule has 4 nitrogen and oxygen atoms in total. The van der Waals surface area contributed by atoms with Crippen LogP contribution in [0.5, 0.6) is 0 Å². The van der Waals surface area contributed by atoms with Crippen molar-refractivity contribution < 1.29 is 9.90 Å². The lowest BCUT2D eigenvalue weighted by atomic mass is 9.96. The molecule has 0 aliphatic carbocycles. The molecule has 2 aromatic rings. The van der Waals surface area contributed by atoms with Gasteiger partial charge in [0.25, 0.3) is 0 Å². The number of aromatic nitrogens is 1. The minimum Gasteiger partial charge on any atom is -0.477 e. The summed E-state index contributed by atoms with van der Waals surface area (Å²) in [5.41, 5.74) is 1.20. The van der Waals surface area contributed by atoms with Crippen LogP contribution < -0.4 is 0 Å². The Morgan fingerprint density at radius 2 is 1.89 bits per heavy atom. The van der Waals surface area contributed by atoms with Crippen molar-refractivity contribution in [3.05, 3.63) is 65.5 Å². The van der Waals surface area contributed by atoms with E-state index in [4.69, 9.17) is 5.11 Å². The van der Waals surface area contributed by atoms with Crippen molar-refractivity contribution in [2.24, 2.45) is 0 Å². The van der Waals surface area contributed by atoms with E-state index >= 15 is 0 Å². The molecule has 1 aromatic heterocycles. The molecule has 2 rings (SSSR count). The molecule has 0 radical (unpaired) electrons. The SMILES string of the molecule is N#C[C@@H](c1ccccc1)c1cccc(C(=O)O)n1. The average molecular weight is 238 g/mol. The third-order valence-corrected chi connectivity index (χ3v) is 2.55. The van der Waals surface area contributed by atoms with Gasteiger partial charge < -0.3 is 5.11 Å². The average Bonchev–Trinajstić information content (AvgIpc) is 2.41. The van der Waals surface area contributed by atoms with Crippen molar-refractivity contribution in [1.29, 1.82) is 5.26 Å². The fourth-order valence-corrected chi connectivity index (χ4v) is 1.69. The number of carboxylic acids is 1. The van der Waals surface area contributed by atoms with E-state index in [2.05, 4.69) is 11.1 Å². The van der Waals surface area contributed by atoms with Crippen molar-refractivity contribution >= 4 is 5.97 Å². The number of carboxylic acid groups (broad SMARTS) is 1. The van der Waals surface area contributed by atoms with Crippen LogP contribution in [0.25, 0.3) is 0 Å². The summed E-state index contributed by atoms with van der Waals surface area (Å²) in [5.74, 6) is -1.65. The Morgan fingerprint density at radius 1 is 1.17 bits per heavy atom. The highest BCUT2D eigenvalue weighted by Gasteiger charge is 2.16. The van der Waals surface area contributed by atoms with Crippen molar-refractivity contribution in [2.45, 2.75) is 5.92 Å². The van der Waals surface area contributed by atoms with Crippen LogP contribution in [-0.4, -0.2) is 16.1 Å². The largest absolute Gasteiger partial charge is 0.477 e. The number of aromatic carboxylic acids is 1. The van der Waals surface area contributed by atoms with Crippen LogP contribution in [0.2, 0.25) is 0 Å². The Labute approximate surface area is 104 Å². The molecule has 0 bridgehead atoms. The molecule has 1 heterocycles. The zero-order valence-electron chi connectivity index (χ0n) is 9.45. The van der Waals surface area contributed by atoms with E-state index in [1.165, 1.54) is 6.07 Å². The van der Waals surface area contributed by atoms with Crippen LogP contribution in [0.1, 0.15) is 27.7 Å². The van der Waals surface area contributed by atoms with Gasteiger partial charge in [0.05, 0.1) is 11.8 Å². The number of hydrogen-bond acceptors (Lipinski definition) is 3. The molecular formula is C14H10N2O2.